The first-order chi connectivity index (χ1) is 11.0. The van der Waals surface area contributed by atoms with Crippen LogP contribution in [0.15, 0.2) is 48.5 Å². The molecule has 0 aromatic heterocycles. The summed E-state index contributed by atoms with van der Waals surface area (Å²) < 4.78 is 5.46. The van der Waals surface area contributed by atoms with Gasteiger partial charge in [0.25, 0.3) is 0 Å². The Labute approximate surface area is 144 Å². The summed E-state index contributed by atoms with van der Waals surface area (Å²) in [6, 6.07) is 17.3. The summed E-state index contributed by atoms with van der Waals surface area (Å²) in [5, 5.41) is 0. The maximum absolute atomic E-state index is 5.78. The lowest BCUT2D eigenvalue weighted by molar-refractivity contribution is 0.289. The second-order valence-corrected chi connectivity index (χ2v) is 7.02. The van der Waals surface area contributed by atoms with Gasteiger partial charge in [-0.15, -0.1) is 0 Å². The number of methoxy groups -OCH3 is 1. The van der Waals surface area contributed by atoms with E-state index in [0.717, 1.165) is 22.8 Å². The average Bonchev–Trinajstić information content (AvgIpc) is 2.58. The van der Waals surface area contributed by atoms with E-state index in [-0.39, 0.29) is 5.41 Å². The highest BCUT2D eigenvalue weighted by Crippen LogP contribution is 2.41. The van der Waals surface area contributed by atoms with E-state index in [1.807, 2.05) is 6.07 Å². The highest BCUT2D eigenvalue weighted by Gasteiger charge is 2.40. The molecule has 0 radical (unpaired) electrons. The number of nitrogens with zero attached hydrogens (tertiary/aromatic N) is 1. The van der Waals surface area contributed by atoms with Gasteiger partial charge in [0, 0.05) is 23.6 Å². The molecule has 1 atom stereocenters. The Morgan fingerprint density at radius 3 is 2.43 bits per heavy atom. The van der Waals surface area contributed by atoms with Crippen molar-refractivity contribution in [2.24, 2.45) is 0 Å². The van der Waals surface area contributed by atoms with Gasteiger partial charge in [-0.2, -0.15) is 0 Å². The van der Waals surface area contributed by atoms with Crippen molar-refractivity contribution >= 4 is 17.2 Å². The number of ether oxygens (including phenoxy) is 1. The molecule has 2 nitrogen and oxygen atoms in total. The van der Waals surface area contributed by atoms with Crippen LogP contribution in [0.2, 0.25) is 0 Å². The molecule has 0 saturated heterocycles. The van der Waals surface area contributed by atoms with Crippen molar-refractivity contribution in [3.63, 3.8) is 0 Å². The van der Waals surface area contributed by atoms with Crippen LogP contribution in [-0.2, 0) is 5.41 Å². The van der Waals surface area contributed by atoms with Gasteiger partial charge in [-0.3, -0.25) is 0 Å². The van der Waals surface area contributed by atoms with Crippen molar-refractivity contribution in [2.75, 3.05) is 13.7 Å². The number of thiocarbonyl (C=S) groups is 1. The zero-order valence-electron chi connectivity index (χ0n) is 14.2. The zero-order valence-corrected chi connectivity index (χ0v) is 15.0. The Morgan fingerprint density at radius 2 is 1.83 bits per heavy atom. The van der Waals surface area contributed by atoms with Gasteiger partial charge in [-0.05, 0) is 50.1 Å². The molecule has 0 N–H and O–H groups in total. The van der Waals surface area contributed by atoms with Crippen LogP contribution in [0.25, 0.3) is 0 Å². The van der Waals surface area contributed by atoms with Crippen LogP contribution in [0, 0.1) is 0 Å². The van der Waals surface area contributed by atoms with Crippen LogP contribution in [0.1, 0.15) is 37.5 Å². The van der Waals surface area contributed by atoms with E-state index in [1.54, 1.807) is 7.11 Å². The lowest BCUT2D eigenvalue weighted by atomic mass is 9.71. The van der Waals surface area contributed by atoms with Gasteiger partial charge in [-0.1, -0.05) is 42.5 Å². The molecule has 0 spiro atoms. The highest BCUT2D eigenvalue weighted by molar-refractivity contribution is 7.80. The molecule has 0 bridgehead atoms. The van der Waals surface area contributed by atoms with E-state index in [9.17, 15) is 0 Å². The number of benzene rings is 2. The Bertz CT molecular complexity index is 726. The monoisotopic (exact) mass is 325 g/mol. The molecule has 1 heterocycles. The van der Waals surface area contributed by atoms with Crippen molar-refractivity contribution in [3.8, 4) is 5.75 Å². The summed E-state index contributed by atoms with van der Waals surface area (Å²) in [4.78, 5) is 3.27. The Balaban J connectivity index is 2.23. The van der Waals surface area contributed by atoms with E-state index in [4.69, 9.17) is 17.0 Å². The van der Waals surface area contributed by atoms with Gasteiger partial charge in [0.15, 0.2) is 0 Å². The Morgan fingerprint density at radius 1 is 1.13 bits per heavy atom. The fourth-order valence-corrected chi connectivity index (χ4v) is 3.87. The third-order valence-corrected chi connectivity index (χ3v) is 5.29. The van der Waals surface area contributed by atoms with E-state index in [1.165, 1.54) is 11.1 Å². The minimum absolute atomic E-state index is 0.113. The van der Waals surface area contributed by atoms with Crippen molar-refractivity contribution < 1.29 is 4.74 Å². The molecule has 1 aliphatic rings. The fraction of sp³-hybridized carbons (Fsp3) is 0.350. The summed E-state index contributed by atoms with van der Waals surface area (Å²) in [5.41, 5.74) is 3.59. The first-order valence-corrected chi connectivity index (χ1v) is 8.43. The minimum atomic E-state index is -0.113. The molecular weight excluding hydrogens is 302 g/mol. The Hall–Kier alpha value is -1.87. The normalized spacial score (nSPS) is 20.6. The summed E-state index contributed by atoms with van der Waals surface area (Å²) in [6.07, 6.45) is 0. The van der Waals surface area contributed by atoms with Gasteiger partial charge < -0.3 is 9.64 Å². The molecule has 0 amide bonds. The first-order valence-electron chi connectivity index (χ1n) is 8.02. The van der Waals surface area contributed by atoms with E-state index in [0.29, 0.717) is 6.04 Å². The molecule has 1 aliphatic heterocycles. The molecule has 3 heteroatoms. The fourth-order valence-electron chi connectivity index (χ4n) is 3.42. The molecule has 0 fully saturated rings. The van der Waals surface area contributed by atoms with Gasteiger partial charge >= 0.3 is 0 Å². The van der Waals surface area contributed by atoms with Crippen LogP contribution >= 0.6 is 12.2 Å². The third-order valence-electron chi connectivity index (χ3n) is 4.83. The number of hydrogen-bond donors (Lipinski definition) is 0. The topological polar surface area (TPSA) is 12.5 Å². The molecular formula is C20H23NOS. The molecule has 23 heavy (non-hydrogen) atoms. The molecule has 0 aliphatic carbocycles. The molecule has 1 unspecified atom stereocenters. The zero-order chi connectivity index (χ0) is 16.6. The van der Waals surface area contributed by atoms with Crippen LogP contribution in [0.3, 0.4) is 0 Å². The van der Waals surface area contributed by atoms with Gasteiger partial charge in [-0.25, -0.2) is 0 Å². The standard InChI is InChI=1S/C20H23NOS/c1-14(2)21-13-20(3,15-8-6-5-7-9-15)18-12-16(22-4)10-11-17(18)19(21)23/h5-12,14H,13H2,1-4H3. The Kier molecular flexibility index (Phi) is 4.15. The molecule has 120 valence electrons. The average molecular weight is 325 g/mol. The van der Waals surface area contributed by atoms with Crippen LogP contribution in [0.4, 0.5) is 0 Å². The molecule has 0 saturated carbocycles. The maximum Gasteiger partial charge on any atom is 0.119 e. The van der Waals surface area contributed by atoms with Crippen LogP contribution < -0.4 is 4.74 Å². The molecule has 3 rings (SSSR count). The SMILES string of the molecule is COc1ccc2c(c1)C(C)(c1ccccc1)CN(C(C)C)C2=S. The summed E-state index contributed by atoms with van der Waals surface area (Å²) in [6.45, 7) is 7.59. The first kappa shape index (κ1) is 16.0. The van der Waals surface area contributed by atoms with Crippen molar-refractivity contribution in [2.45, 2.75) is 32.2 Å². The number of rotatable bonds is 3. The van der Waals surface area contributed by atoms with Crippen LogP contribution in [-0.4, -0.2) is 29.6 Å². The highest BCUT2D eigenvalue weighted by atomic mass is 32.1. The molecule has 2 aromatic carbocycles. The second-order valence-electron chi connectivity index (χ2n) is 6.64. The summed E-state index contributed by atoms with van der Waals surface area (Å²) in [5.74, 6) is 0.881. The largest absolute Gasteiger partial charge is 0.497 e. The maximum atomic E-state index is 5.78. The summed E-state index contributed by atoms with van der Waals surface area (Å²) >= 11 is 5.78. The van der Waals surface area contributed by atoms with Crippen molar-refractivity contribution in [3.05, 3.63) is 65.2 Å². The van der Waals surface area contributed by atoms with E-state index < -0.39 is 0 Å². The lowest BCUT2D eigenvalue weighted by Crippen LogP contribution is -2.50. The smallest absolute Gasteiger partial charge is 0.119 e. The molecule has 2 aromatic rings. The van der Waals surface area contributed by atoms with Gasteiger partial charge in [0.05, 0.1) is 7.11 Å². The van der Waals surface area contributed by atoms with Gasteiger partial charge in [0.2, 0.25) is 0 Å². The van der Waals surface area contributed by atoms with Gasteiger partial charge in [0.1, 0.15) is 10.7 Å². The predicted molar refractivity (Wildman–Crippen MR) is 99.4 cm³/mol. The van der Waals surface area contributed by atoms with E-state index >= 15 is 0 Å². The second kappa shape index (κ2) is 5.97. The predicted octanol–water partition coefficient (Wildman–Crippen LogP) is 4.40. The number of hydrogen-bond acceptors (Lipinski definition) is 2. The summed E-state index contributed by atoms with van der Waals surface area (Å²) in [7, 11) is 1.71. The quantitative estimate of drug-likeness (QED) is 0.776. The number of fused-ring (bicyclic) bond motifs is 1. The van der Waals surface area contributed by atoms with Crippen LogP contribution in [0.5, 0.6) is 5.75 Å². The van der Waals surface area contributed by atoms with E-state index in [2.05, 4.69) is 68.1 Å². The minimum Gasteiger partial charge on any atom is -0.497 e. The van der Waals surface area contributed by atoms with Crippen molar-refractivity contribution in [1.29, 1.82) is 0 Å². The lowest BCUT2D eigenvalue weighted by Gasteiger charge is -2.45. The van der Waals surface area contributed by atoms with Crippen molar-refractivity contribution in [1.82, 2.24) is 4.90 Å². The third kappa shape index (κ3) is 2.63.